The minimum atomic E-state index is -1.93. The van der Waals surface area contributed by atoms with Crippen LogP contribution >= 0.6 is 0 Å². The van der Waals surface area contributed by atoms with E-state index >= 15 is 0 Å². The molecule has 2 heterocycles. The molecule has 6 heteroatoms. The Kier molecular flexibility index (Phi) is 4.53. The van der Waals surface area contributed by atoms with Gasteiger partial charge in [0.1, 0.15) is 0 Å². The topological polar surface area (TPSA) is 50.9 Å². The highest BCUT2D eigenvalue weighted by atomic mass is 28.4. The van der Waals surface area contributed by atoms with Crippen LogP contribution in [-0.4, -0.2) is 45.8 Å². The van der Waals surface area contributed by atoms with E-state index in [4.69, 9.17) is 9.16 Å². The quantitative estimate of drug-likeness (QED) is 0.465. The first-order valence-electron chi connectivity index (χ1n) is 7.74. The van der Waals surface area contributed by atoms with Gasteiger partial charge < -0.3 is 14.5 Å². The maximum Gasteiger partial charge on any atom is 0.228 e. The van der Waals surface area contributed by atoms with E-state index in [9.17, 15) is 9.18 Å². The van der Waals surface area contributed by atoms with Crippen LogP contribution in [0, 0.1) is 11.8 Å². The SMILES string of the molecule is C[C@@H](O[Si](C)(C)C(C)(C)C)[C@H]1C(=O)N[C@@H]1[C@H](CF)[C@@H]1CO1. The largest absolute Gasteiger partial charge is 0.413 e. The average molecular weight is 317 g/mol. The Morgan fingerprint density at radius 3 is 2.43 bits per heavy atom. The number of carbonyl (C=O) groups excluding carboxylic acids is 1. The molecule has 122 valence electrons. The molecule has 5 atom stereocenters. The minimum absolute atomic E-state index is 0.0229. The maximum atomic E-state index is 13.2. The van der Waals surface area contributed by atoms with Crippen molar-refractivity contribution in [2.75, 3.05) is 13.3 Å². The van der Waals surface area contributed by atoms with Gasteiger partial charge in [-0.05, 0) is 25.1 Å². The molecule has 2 aliphatic heterocycles. The van der Waals surface area contributed by atoms with Gasteiger partial charge in [-0.2, -0.15) is 0 Å². The first kappa shape index (κ1) is 16.9. The lowest BCUT2D eigenvalue weighted by Crippen LogP contribution is -2.67. The molecule has 0 aliphatic carbocycles. The molecule has 1 amide bonds. The molecule has 0 bridgehead atoms. The van der Waals surface area contributed by atoms with Gasteiger partial charge in [0.15, 0.2) is 8.32 Å². The van der Waals surface area contributed by atoms with Crippen molar-refractivity contribution < 1.29 is 18.3 Å². The highest BCUT2D eigenvalue weighted by Crippen LogP contribution is 2.40. The first-order chi connectivity index (χ1) is 9.58. The van der Waals surface area contributed by atoms with Crippen LogP contribution in [0.25, 0.3) is 0 Å². The van der Waals surface area contributed by atoms with Crippen molar-refractivity contribution in [3.8, 4) is 0 Å². The monoisotopic (exact) mass is 317 g/mol. The second kappa shape index (κ2) is 5.63. The summed E-state index contributed by atoms with van der Waals surface area (Å²) in [6, 6.07) is -0.158. The predicted octanol–water partition coefficient (Wildman–Crippen LogP) is 2.50. The van der Waals surface area contributed by atoms with Gasteiger partial charge in [0.2, 0.25) is 5.91 Å². The number of ether oxygens (including phenoxy) is 1. The van der Waals surface area contributed by atoms with Gasteiger partial charge in [0.05, 0.1) is 37.4 Å². The summed E-state index contributed by atoms with van der Waals surface area (Å²) in [6.45, 7) is 13.0. The van der Waals surface area contributed by atoms with E-state index in [-0.39, 0.29) is 41.0 Å². The van der Waals surface area contributed by atoms with Crippen LogP contribution in [0.3, 0.4) is 0 Å². The van der Waals surface area contributed by atoms with Crippen molar-refractivity contribution in [3.63, 3.8) is 0 Å². The first-order valence-corrected chi connectivity index (χ1v) is 10.6. The Balaban J connectivity index is 2.03. The zero-order valence-corrected chi connectivity index (χ0v) is 14.9. The van der Waals surface area contributed by atoms with E-state index in [1.807, 2.05) is 6.92 Å². The molecule has 0 radical (unpaired) electrons. The molecule has 0 spiro atoms. The number of halogens is 1. The lowest BCUT2D eigenvalue weighted by Gasteiger charge is -2.47. The third-order valence-corrected chi connectivity index (χ3v) is 9.84. The summed E-state index contributed by atoms with van der Waals surface area (Å²) in [7, 11) is -1.93. The zero-order valence-electron chi connectivity index (χ0n) is 13.9. The number of hydrogen-bond acceptors (Lipinski definition) is 3. The number of amides is 1. The fourth-order valence-electron chi connectivity index (χ4n) is 2.74. The van der Waals surface area contributed by atoms with Gasteiger partial charge >= 0.3 is 0 Å². The van der Waals surface area contributed by atoms with Gasteiger partial charge in [-0.15, -0.1) is 0 Å². The molecular weight excluding hydrogens is 289 g/mol. The molecule has 0 aromatic rings. The van der Waals surface area contributed by atoms with Crippen LogP contribution in [0.4, 0.5) is 4.39 Å². The van der Waals surface area contributed by atoms with Crippen LogP contribution in [0.15, 0.2) is 0 Å². The van der Waals surface area contributed by atoms with Crippen molar-refractivity contribution >= 4 is 14.2 Å². The summed E-state index contributed by atoms with van der Waals surface area (Å²) in [4.78, 5) is 11.9. The molecule has 2 saturated heterocycles. The van der Waals surface area contributed by atoms with Crippen LogP contribution < -0.4 is 5.32 Å². The fraction of sp³-hybridized carbons (Fsp3) is 0.933. The Bertz CT molecular complexity index is 406. The summed E-state index contributed by atoms with van der Waals surface area (Å²) in [5, 5.41) is 2.94. The van der Waals surface area contributed by atoms with Crippen LogP contribution in [0.5, 0.6) is 0 Å². The summed E-state index contributed by atoms with van der Waals surface area (Å²) < 4.78 is 24.8. The maximum absolute atomic E-state index is 13.2. The number of carbonyl (C=O) groups is 1. The van der Waals surface area contributed by atoms with E-state index in [0.717, 1.165) is 0 Å². The summed E-state index contributed by atoms with van der Waals surface area (Å²) in [5.74, 6) is -0.521. The second-order valence-corrected chi connectivity index (χ2v) is 12.6. The van der Waals surface area contributed by atoms with Gasteiger partial charge in [-0.1, -0.05) is 20.8 Å². The average Bonchev–Trinajstić information content (AvgIpc) is 3.10. The molecule has 0 unspecified atom stereocenters. The molecule has 1 N–H and O–H groups in total. The minimum Gasteiger partial charge on any atom is -0.413 e. The lowest BCUT2D eigenvalue weighted by atomic mass is 9.77. The second-order valence-electron chi connectivity index (χ2n) is 7.83. The Morgan fingerprint density at radius 2 is 2.05 bits per heavy atom. The van der Waals surface area contributed by atoms with E-state index in [0.29, 0.717) is 6.61 Å². The van der Waals surface area contributed by atoms with E-state index in [2.05, 4.69) is 39.2 Å². The highest BCUT2D eigenvalue weighted by molar-refractivity contribution is 6.74. The summed E-state index contributed by atoms with van der Waals surface area (Å²) in [5.41, 5.74) is 0. The number of alkyl halides is 1. The van der Waals surface area contributed by atoms with Crippen molar-refractivity contribution in [2.24, 2.45) is 11.8 Å². The van der Waals surface area contributed by atoms with E-state index in [1.165, 1.54) is 0 Å². The Hall–Kier alpha value is -0.463. The molecular formula is C15H28FNO3Si. The lowest BCUT2D eigenvalue weighted by molar-refractivity contribution is -0.142. The van der Waals surface area contributed by atoms with Crippen molar-refractivity contribution in [1.82, 2.24) is 5.32 Å². The Labute approximate surface area is 127 Å². The van der Waals surface area contributed by atoms with Crippen molar-refractivity contribution in [3.05, 3.63) is 0 Å². The van der Waals surface area contributed by atoms with Gasteiger partial charge in [0.25, 0.3) is 0 Å². The molecule has 2 fully saturated rings. The Morgan fingerprint density at radius 1 is 1.48 bits per heavy atom. The fourth-order valence-corrected chi connectivity index (χ4v) is 4.17. The van der Waals surface area contributed by atoms with Gasteiger partial charge in [-0.3, -0.25) is 9.18 Å². The third kappa shape index (κ3) is 3.32. The van der Waals surface area contributed by atoms with Crippen LogP contribution in [0.2, 0.25) is 18.1 Å². The van der Waals surface area contributed by atoms with Crippen molar-refractivity contribution in [2.45, 2.75) is 64.1 Å². The molecule has 2 rings (SSSR count). The van der Waals surface area contributed by atoms with Gasteiger partial charge in [-0.25, -0.2) is 0 Å². The predicted molar refractivity (Wildman–Crippen MR) is 82.4 cm³/mol. The van der Waals surface area contributed by atoms with Crippen molar-refractivity contribution in [1.29, 1.82) is 0 Å². The van der Waals surface area contributed by atoms with E-state index in [1.54, 1.807) is 0 Å². The van der Waals surface area contributed by atoms with Crippen LogP contribution in [0.1, 0.15) is 27.7 Å². The molecule has 0 saturated carbocycles. The normalized spacial score (nSPS) is 32.1. The molecule has 2 aliphatic rings. The van der Waals surface area contributed by atoms with E-state index < -0.39 is 15.0 Å². The standard InChI is InChI=1S/C15H28FNO3Si/c1-9(20-21(5,6)15(2,3)4)12-13(17-14(12)18)10(7-16)11-8-19-11/h9-13H,7-8H2,1-6H3,(H,17,18)/t9-,10-,11+,12-,13-/m1/s1. The summed E-state index contributed by atoms with van der Waals surface area (Å²) >= 11 is 0. The smallest absolute Gasteiger partial charge is 0.228 e. The molecule has 4 nitrogen and oxygen atoms in total. The number of nitrogens with one attached hydrogen (secondary N) is 1. The summed E-state index contributed by atoms with van der Waals surface area (Å²) in [6.07, 6.45) is -0.222. The zero-order chi connectivity index (χ0) is 16.0. The number of β-lactam (4-membered cyclic amide) rings is 1. The third-order valence-electron chi connectivity index (χ3n) is 5.27. The molecule has 0 aromatic heterocycles. The number of rotatable bonds is 6. The molecule has 0 aromatic carbocycles. The molecule has 21 heavy (non-hydrogen) atoms. The highest BCUT2D eigenvalue weighted by Gasteiger charge is 2.53. The van der Waals surface area contributed by atoms with Gasteiger partial charge in [0, 0.05) is 5.92 Å². The number of hydrogen-bond donors (Lipinski definition) is 1. The van der Waals surface area contributed by atoms with Crippen LogP contribution in [-0.2, 0) is 14.0 Å². The number of epoxide rings is 1.